The van der Waals surface area contributed by atoms with E-state index in [2.05, 4.69) is 0 Å². The van der Waals surface area contributed by atoms with E-state index in [1.807, 2.05) is 12.1 Å². The van der Waals surface area contributed by atoms with E-state index in [9.17, 15) is 9.65 Å². The molecule has 0 amide bonds. The van der Waals surface area contributed by atoms with Crippen molar-refractivity contribution in [3.8, 4) is 6.07 Å². The first-order valence-electron chi connectivity index (χ1n) is 5.34. The van der Waals surface area contributed by atoms with Crippen molar-refractivity contribution >= 4 is 22.2 Å². The van der Waals surface area contributed by atoms with Gasteiger partial charge in [0.2, 0.25) is 0 Å². The monoisotopic (exact) mass is 257 g/mol. The van der Waals surface area contributed by atoms with Crippen molar-refractivity contribution in [2.24, 2.45) is 0 Å². The summed E-state index contributed by atoms with van der Waals surface area (Å²) < 4.78 is 13.6. The van der Waals surface area contributed by atoms with Gasteiger partial charge in [0.1, 0.15) is 11.9 Å². The summed E-state index contributed by atoms with van der Waals surface area (Å²) in [4.78, 5) is 0. The predicted molar refractivity (Wildman–Crippen MR) is 71.1 cm³/mol. The molecule has 0 radical (unpaired) electrons. The van der Waals surface area contributed by atoms with Gasteiger partial charge in [-0.25, -0.2) is 4.39 Å². The van der Waals surface area contributed by atoms with Crippen LogP contribution in [0.2, 0.25) is 0 Å². The molecular formula is C15H9ClFN. The van der Waals surface area contributed by atoms with Gasteiger partial charge in [0.05, 0.1) is 10.6 Å². The lowest BCUT2D eigenvalue weighted by Gasteiger charge is -2.05. The number of benzene rings is 2. The molecule has 2 aromatic carbocycles. The van der Waals surface area contributed by atoms with Crippen LogP contribution >= 0.6 is 11.6 Å². The predicted octanol–water partition coefficient (Wildman–Crippen LogP) is 4.46. The molecule has 0 heterocycles. The highest BCUT2D eigenvalue weighted by Crippen LogP contribution is 2.30. The summed E-state index contributed by atoms with van der Waals surface area (Å²) >= 11 is 6.13. The van der Waals surface area contributed by atoms with Crippen LogP contribution in [0, 0.1) is 17.1 Å². The molecule has 0 aromatic heterocycles. The van der Waals surface area contributed by atoms with E-state index in [-0.39, 0.29) is 16.2 Å². The second-order valence-corrected chi connectivity index (χ2v) is 4.02. The summed E-state index contributed by atoms with van der Waals surface area (Å²) in [5, 5.41) is 9.31. The molecular weight excluding hydrogens is 249 g/mol. The molecule has 3 heteroatoms. The quantitative estimate of drug-likeness (QED) is 0.576. The lowest BCUT2D eigenvalue weighted by atomic mass is 10.0. The maximum absolute atomic E-state index is 13.6. The molecule has 0 N–H and O–H groups in total. The second-order valence-electron chi connectivity index (χ2n) is 3.65. The summed E-state index contributed by atoms with van der Waals surface area (Å²) in [5.74, 6) is -0.439. The molecule has 0 bridgehead atoms. The first-order valence-corrected chi connectivity index (χ1v) is 5.72. The zero-order valence-corrected chi connectivity index (χ0v) is 10.2. The minimum Gasteiger partial charge on any atom is -0.206 e. The normalized spacial score (nSPS) is 11.6. The van der Waals surface area contributed by atoms with Crippen LogP contribution in [0.1, 0.15) is 11.1 Å². The fourth-order valence-electron chi connectivity index (χ4n) is 1.62. The number of halogens is 2. The fraction of sp³-hybridized carbons (Fsp3) is 0. The average molecular weight is 258 g/mol. The van der Waals surface area contributed by atoms with Gasteiger partial charge in [0.25, 0.3) is 0 Å². The Morgan fingerprint density at radius 1 is 1.00 bits per heavy atom. The molecule has 0 saturated carbocycles. The average Bonchev–Trinajstić information content (AvgIpc) is 2.41. The molecule has 2 rings (SSSR count). The highest BCUT2D eigenvalue weighted by molar-refractivity contribution is 6.53. The number of allylic oxidation sites excluding steroid dienone is 1. The summed E-state index contributed by atoms with van der Waals surface area (Å²) in [5.41, 5.74) is 1.18. The molecule has 88 valence electrons. The number of hydrogen-bond acceptors (Lipinski definition) is 1. The third-order valence-electron chi connectivity index (χ3n) is 2.50. The van der Waals surface area contributed by atoms with E-state index in [0.717, 1.165) is 0 Å². The van der Waals surface area contributed by atoms with Gasteiger partial charge in [-0.1, -0.05) is 60.1 Å². The topological polar surface area (TPSA) is 23.8 Å². The molecule has 0 fully saturated rings. The number of nitrogens with zero attached hydrogens (tertiary/aromatic N) is 1. The fourth-order valence-corrected chi connectivity index (χ4v) is 1.92. The Morgan fingerprint density at radius 3 is 2.22 bits per heavy atom. The third-order valence-corrected chi connectivity index (χ3v) is 2.90. The van der Waals surface area contributed by atoms with Gasteiger partial charge in [-0.3, -0.25) is 0 Å². The maximum atomic E-state index is 13.6. The Balaban J connectivity index is 2.59. The molecule has 0 aliphatic rings. The smallest absolute Gasteiger partial charge is 0.131 e. The first-order chi connectivity index (χ1) is 8.74. The Bertz CT molecular complexity index is 626. The molecule has 0 spiro atoms. The Morgan fingerprint density at radius 2 is 1.61 bits per heavy atom. The van der Waals surface area contributed by atoms with Crippen LogP contribution in [0.3, 0.4) is 0 Å². The van der Waals surface area contributed by atoms with E-state index >= 15 is 0 Å². The van der Waals surface area contributed by atoms with Crippen LogP contribution in [-0.4, -0.2) is 0 Å². The highest BCUT2D eigenvalue weighted by atomic mass is 35.5. The minimum atomic E-state index is -0.439. The summed E-state index contributed by atoms with van der Waals surface area (Å²) in [7, 11) is 0. The number of rotatable bonds is 2. The van der Waals surface area contributed by atoms with Crippen LogP contribution in [0.15, 0.2) is 54.6 Å². The molecule has 0 unspecified atom stereocenters. The first kappa shape index (κ1) is 12.3. The highest BCUT2D eigenvalue weighted by Gasteiger charge is 2.12. The van der Waals surface area contributed by atoms with Crippen LogP contribution in [0.5, 0.6) is 0 Å². The minimum absolute atomic E-state index is 0.127. The molecule has 0 saturated heterocycles. The van der Waals surface area contributed by atoms with Crippen molar-refractivity contribution < 1.29 is 4.39 Å². The lowest BCUT2D eigenvalue weighted by molar-refractivity contribution is 0.625. The standard InChI is InChI=1S/C15H9ClFN/c16-15(12-8-4-5-9-14(12)17)13(10-18)11-6-2-1-3-7-11/h1-9H. The summed E-state index contributed by atoms with van der Waals surface area (Å²) in [6.45, 7) is 0. The molecule has 0 aliphatic carbocycles. The van der Waals surface area contributed by atoms with E-state index in [0.29, 0.717) is 5.56 Å². The van der Waals surface area contributed by atoms with E-state index in [1.165, 1.54) is 6.07 Å². The zero-order chi connectivity index (χ0) is 13.0. The summed E-state index contributed by atoms with van der Waals surface area (Å²) in [6, 6.07) is 17.1. The van der Waals surface area contributed by atoms with Gasteiger partial charge >= 0.3 is 0 Å². The third kappa shape index (κ3) is 2.42. The Hall–Kier alpha value is -2.11. The van der Waals surface area contributed by atoms with Gasteiger partial charge in [-0.15, -0.1) is 0 Å². The largest absolute Gasteiger partial charge is 0.206 e. The van der Waals surface area contributed by atoms with Crippen molar-refractivity contribution in [3.63, 3.8) is 0 Å². The maximum Gasteiger partial charge on any atom is 0.131 e. The zero-order valence-electron chi connectivity index (χ0n) is 9.40. The molecule has 0 aliphatic heterocycles. The lowest BCUT2D eigenvalue weighted by Crippen LogP contribution is -1.89. The van der Waals surface area contributed by atoms with E-state index in [4.69, 9.17) is 11.6 Å². The van der Waals surface area contributed by atoms with Gasteiger partial charge < -0.3 is 0 Å². The van der Waals surface area contributed by atoms with Crippen molar-refractivity contribution in [2.45, 2.75) is 0 Å². The van der Waals surface area contributed by atoms with Crippen LogP contribution in [-0.2, 0) is 0 Å². The van der Waals surface area contributed by atoms with Crippen LogP contribution in [0.4, 0.5) is 4.39 Å². The Kier molecular flexibility index (Phi) is 3.76. The summed E-state index contributed by atoms with van der Waals surface area (Å²) in [6.07, 6.45) is 0. The van der Waals surface area contributed by atoms with Crippen LogP contribution < -0.4 is 0 Å². The Labute approximate surface area is 110 Å². The molecule has 18 heavy (non-hydrogen) atoms. The molecule has 1 nitrogen and oxygen atoms in total. The van der Waals surface area contributed by atoms with Gasteiger partial charge in [-0.2, -0.15) is 5.26 Å². The molecule has 2 aromatic rings. The van der Waals surface area contributed by atoms with Crippen molar-refractivity contribution in [3.05, 3.63) is 71.5 Å². The van der Waals surface area contributed by atoms with E-state index in [1.54, 1.807) is 42.5 Å². The second kappa shape index (κ2) is 5.48. The van der Waals surface area contributed by atoms with Crippen molar-refractivity contribution in [2.75, 3.05) is 0 Å². The van der Waals surface area contributed by atoms with Crippen molar-refractivity contribution in [1.29, 1.82) is 5.26 Å². The SMILES string of the molecule is N#CC(=C(Cl)c1ccccc1F)c1ccccc1. The van der Waals surface area contributed by atoms with Crippen molar-refractivity contribution in [1.82, 2.24) is 0 Å². The van der Waals surface area contributed by atoms with Gasteiger partial charge in [0, 0.05) is 5.56 Å². The van der Waals surface area contributed by atoms with Crippen LogP contribution in [0.25, 0.3) is 10.6 Å². The van der Waals surface area contributed by atoms with Gasteiger partial charge in [-0.05, 0) is 11.6 Å². The van der Waals surface area contributed by atoms with Gasteiger partial charge in [0.15, 0.2) is 0 Å². The van der Waals surface area contributed by atoms with E-state index < -0.39 is 5.82 Å². The molecule has 0 atom stereocenters. The number of nitriles is 1. The number of hydrogen-bond donors (Lipinski definition) is 0.